The highest BCUT2D eigenvalue weighted by atomic mass is 32.1. The van der Waals surface area contributed by atoms with E-state index in [0.717, 1.165) is 58.6 Å². The summed E-state index contributed by atoms with van der Waals surface area (Å²) in [5.74, 6) is 2.45. The molecule has 2 aromatic carbocycles. The zero-order valence-corrected chi connectivity index (χ0v) is 35.2. The highest BCUT2D eigenvalue weighted by Crippen LogP contribution is 2.78. The van der Waals surface area contributed by atoms with Crippen molar-refractivity contribution in [3.8, 4) is 23.0 Å². The maximum absolute atomic E-state index is 14.9. The Morgan fingerprint density at radius 2 is 1.54 bits per heavy atom. The summed E-state index contributed by atoms with van der Waals surface area (Å²) in [5.41, 5.74) is -0.572. The number of hydrogen-bond donors (Lipinski definition) is 2. The minimum atomic E-state index is -1.25. The van der Waals surface area contributed by atoms with E-state index in [9.17, 15) is 19.8 Å². The van der Waals surface area contributed by atoms with Gasteiger partial charge in [-0.1, -0.05) is 38.1 Å². The third-order valence-corrected chi connectivity index (χ3v) is 16.4. The molecule has 304 valence electrons. The first-order valence-corrected chi connectivity index (χ1v) is 21.2. The van der Waals surface area contributed by atoms with Gasteiger partial charge in [0.05, 0.1) is 58.0 Å². The number of aliphatic hydroxyl groups is 2. The third kappa shape index (κ3) is 5.98. The smallest absolute Gasteiger partial charge is 0.227 e. The maximum atomic E-state index is 14.9. The molecule has 9 rings (SSSR count). The number of hydrogen-bond acceptors (Lipinski definition) is 9. The number of amides is 1. The van der Waals surface area contributed by atoms with Gasteiger partial charge in [-0.05, 0) is 111 Å². The monoisotopic (exact) mass is 795 g/mol. The summed E-state index contributed by atoms with van der Waals surface area (Å²) in [7, 11) is 6.38. The van der Waals surface area contributed by atoms with E-state index in [1.165, 1.54) is 11.3 Å². The van der Waals surface area contributed by atoms with Crippen LogP contribution in [-0.4, -0.2) is 73.5 Å². The molecule has 57 heavy (non-hydrogen) atoms. The van der Waals surface area contributed by atoms with Crippen molar-refractivity contribution in [1.82, 2.24) is 4.90 Å². The maximum Gasteiger partial charge on any atom is 0.227 e. The molecule has 0 radical (unpaired) electrons. The Balaban J connectivity index is 1.19. The average Bonchev–Trinajstić information content (AvgIpc) is 3.76. The summed E-state index contributed by atoms with van der Waals surface area (Å²) in [6.45, 7) is 6.99. The number of rotatable bonds is 12. The fourth-order valence-electron chi connectivity index (χ4n) is 12.3. The summed E-state index contributed by atoms with van der Waals surface area (Å²) in [4.78, 5) is 33.2. The van der Waals surface area contributed by atoms with E-state index in [1.807, 2.05) is 49.4 Å². The predicted molar refractivity (Wildman–Crippen MR) is 220 cm³/mol. The fraction of sp³-hybridized carbons (Fsp3) is 0.532. The number of ketones is 1. The van der Waals surface area contributed by atoms with Gasteiger partial charge in [-0.15, -0.1) is 11.3 Å². The van der Waals surface area contributed by atoms with Crippen molar-refractivity contribution in [2.75, 3.05) is 35.0 Å². The van der Waals surface area contributed by atoms with Gasteiger partial charge in [-0.2, -0.15) is 0 Å². The number of nitrogens with zero attached hydrogens (tertiary/aromatic N) is 1. The summed E-state index contributed by atoms with van der Waals surface area (Å²) < 4.78 is 22.3. The molecular formula is C47H57NO8S. The number of methoxy groups -OCH3 is 4. The van der Waals surface area contributed by atoms with Gasteiger partial charge in [0.2, 0.25) is 5.91 Å². The van der Waals surface area contributed by atoms with Crippen molar-refractivity contribution in [2.24, 2.45) is 33.5 Å². The van der Waals surface area contributed by atoms with E-state index in [4.69, 9.17) is 18.9 Å². The topological polar surface area (TPSA) is 115 Å². The number of allylic oxidation sites excluding steroid dienone is 4. The molecule has 1 amide bonds. The zero-order valence-electron chi connectivity index (χ0n) is 34.4. The highest BCUT2D eigenvalue weighted by Gasteiger charge is 2.74. The van der Waals surface area contributed by atoms with Crippen molar-refractivity contribution < 1.29 is 38.7 Å². The van der Waals surface area contributed by atoms with Gasteiger partial charge in [0.1, 0.15) is 11.5 Å². The van der Waals surface area contributed by atoms with Gasteiger partial charge in [-0.3, -0.25) is 9.59 Å². The van der Waals surface area contributed by atoms with E-state index >= 15 is 0 Å². The number of carbonyl (C=O) groups is 2. The van der Waals surface area contributed by atoms with E-state index < -0.39 is 27.9 Å². The molecule has 1 heterocycles. The van der Waals surface area contributed by atoms with Crippen LogP contribution in [0.4, 0.5) is 0 Å². The molecular weight excluding hydrogens is 739 g/mol. The van der Waals surface area contributed by atoms with Crippen LogP contribution in [-0.2, 0) is 17.8 Å². The lowest BCUT2D eigenvalue weighted by atomic mass is 9.32. The van der Waals surface area contributed by atoms with E-state index in [-0.39, 0.29) is 48.5 Å². The molecule has 3 saturated carbocycles. The number of ether oxygens (including phenoxy) is 4. The SMILES string of the molecule is COc1ccc(CN(CC2(O)CCC3C45C=CC6(C=C4C(=O)c4ccc(C)s4)CC(O)CCC6(C)C5CCC32C)C(=O)Cc2ccc(OC)c(OC)c2)c(OC)c1. The second-order valence-corrected chi connectivity index (χ2v) is 19.1. The lowest BCUT2D eigenvalue weighted by Gasteiger charge is -2.71. The van der Waals surface area contributed by atoms with Gasteiger partial charge in [0, 0.05) is 44.9 Å². The van der Waals surface area contributed by atoms with Crippen molar-refractivity contribution in [3.63, 3.8) is 0 Å². The van der Waals surface area contributed by atoms with E-state index in [1.54, 1.807) is 39.4 Å². The van der Waals surface area contributed by atoms with Crippen LogP contribution in [0, 0.1) is 40.4 Å². The van der Waals surface area contributed by atoms with Crippen LogP contribution in [0.15, 0.2) is 72.3 Å². The van der Waals surface area contributed by atoms with Crippen LogP contribution in [0.25, 0.3) is 0 Å². The van der Waals surface area contributed by atoms with Gasteiger partial charge < -0.3 is 34.1 Å². The van der Waals surface area contributed by atoms with Crippen LogP contribution in [0.5, 0.6) is 23.0 Å². The molecule has 3 fully saturated rings. The predicted octanol–water partition coefficient (Wildman–Crippen LogP) is 8.14. The molecule has 3 aromatic rings. The Morgan fingerprint density at radius 3 is 2.25 bits per heavy atom. The van der Waals surface area contributed by atoms with Gasteiger partial charge >= 0.3 is 0 Å². The van der Waals surface area contributed by atoms with Gasteiger partial charge in [-0.25, -0.2) is 0 Å². The molecule has 2 N–H and O–H groups in total. The first-order chi connectivity index (χ1) is 27.2. The van der Waals surface area contributed by atoms with Crippen LogP contribution in [0.3, 0.4) is 0 Å². The Labute approximate surface area is 340 Å². The number of aryl methyl sites for hydroxylation is 1. The minimum absolute atomic E-state index is 0.0402. The van der Waals surface area contributed by atoms with Crippen molar-refractivity contribution >= 4 is 23.0 Å². The molecule has 8 atom stereocenters. The van der Waals surface area contributed by atoms with Crippen LogP contribution in [0.2, 0.25) is 0 Å². The van der Waals surface area contributed by atoms with Crippen LogP contribution >= 0.6 is 11.3 Å². The van der Waals surface area contributed by atoms with Crippen LogP contribution < -0.4 is 18.9 Å². The van der Waals surface area contributed by atoms with E-state index in [2.05, 4.69) is 32.1 Å². The number of aliphatic hydroxyl groups excluding tert-OH is 1. The number of Topliss-reactive ketones (excluding diaryl/α,β-unsaturated/α-hetero) is 1. The molecule has 10 heteroatoms. The van der Waals surface area contributed by atoms with Gasteiger partial charge in [0.15, 0.2) is 17.3 Å². The van der Waals surface area contributed by atoms with Crippen molar-refractivity contribution in [3.05, 3.63) is 93.2 Å². The molecule has 6 aliphatic carbocycles. The minimum Gasteiger partial charge on any atom is -0.497 e. The van der Waals surface area contributed by atoms with Gasteiger partial charge in [0.25, 0.3) is 0 Å². The van der Waals surface area contributed by atoms with Crippen molar-refractivity contribution in [2.45, 2.75) is 90.4 Å². The highest BCUT2D eigenvalue weighted by molar-refractivity contribution is 7.14. The first-order valence-electron chi connectivity index (χ1n) is 20.3. The quantitative estimate of drug-likeness (QED) is 0.140. The summed E-state index contributed by atoms with van der Waals surface area (Å²) >= 11 is 1.54. The number of benzene rings is 2. The molecule has 1 aromatic heterocycles. The lowest BCUT2D eigenvalue weighted by Crippen LogP contribution is -2.67. The number of carbonyl (C=O) groups excluding carboxylic acids is 2. The molecule has 2 spiro atoms. The van der Waals surface area contributed by atoms with Crippen LogP contribution in [0.1, 0.15) is 84.5 Å². The molecule has 2 bridgehead atoms. The second kappa shape index (κ2) is 14.3. The Morgan fingerprint density at radius 1 is 0.825 bits per heavy atom. The molecule has 6 aliphatic rings. The molecule has 8 unspecified atom stereocenters. The molecule has 0 saturated heterocycles. The Bertz CT molecular complexity index is 2140. The fourth-order valence-corrected chi connectivity index (χ4v) is 13.1. The largest absolute Gasteiger partial charge is 0.497 e. The van der Waals surface area contributed by atoms with E-state index in [0.29, 0.717) is 35.8 Å². The molecule has 9 nitrogen and oxygen atoms in total. The Kier molecular flexibility index (Phi) is 9.97. The third-order valence-electron chi connectivity index (χ3n) is 15.4. The lowest BCUT2D eigenvalue weighted by molar-refractivity contribution is -0.178. The summed E-state index contributed by atoms with van der Waals surface area (Å²) in [5, 5.41) is 24.4. The molecule has 0 aliphatic heterocycles. The number of thiophene rings is 1. The summed E-state index contributed by atoms with van der Waals surface area (Å²) in [6, 6.07) is 15.1. The summed E-state index contributed by atoms with van der Waals surface area (Å²) in [6.07, 6.45) is 11.7. The Hall–Kier alpha value is -4.12. The van der Waals surface area contributed by atoms with Crippen molar-refractivity contribution in [1.29, 1.82) is 0 Å². The average molecular weight is 796 g/mol. The zero-order chi connectivity index (χ0) is 40.5. The second-order valence-electron chi connectivity index (χ2n) is 17.8. The normalized spacial score (nSPS) is 33.4. The first kappa shape index (κ1) is 39.7. The standard InChI is InChI=1S/C47H57NO8S/c1-29-8-13-38(57-29)42(51)34-26-45-20-21-47(34)39(43(45,2)17-14-32(49)25-45)15-18-44(3)40(47)16-19-46(44,52)28-48(27-31-10-11-33(53-4)24-36(31)55-6)41(50)23-30-9-12-35(54-5)37(22-30)56-7/h8-13,20-22,24,26,32,39-40,49,52H,14-19,23,25,27-28H2,1-7H3. The number of fused-ring (bicyclic) bond motifs is 1.